The van der Waals surface area contributed by atoms with Crippen molar-refractivity contribution in [2.24, 2.45) is 5.92 Å². The van der Waals surface area contributed by atoms with Crippen molar-refractivity contribution < 1.29 is 9.59 Å². The number of nitrogens with zero attached hydrogens (tertiary/aromatic N) is 2. The topological polar surface area (TPSA) is 74.3 Å². The molecule has 2 N–H and O–H groups in total. The highest BCUT2D eigenvalue weighted by Gasteiger charge is 2.24. The number of urea groups is 1. The molecular weight excluding hydrogens is 340 g/mol. The normalized spacial score (nSPS) is 13.2. The molecule has 0 spiro atoms. The minimum Gasteiger partial charge on any atom is -0.338 e. The third-order valence-electron chi connectivity index (χ3n) is 4.62. The number of hydrogen-bond donors (Lipinski definition) is 2. The second-order valence-corrected chi connectivity index (χ2v) is 7.21. The van der Waals surface area contributed by atoms with Crippen LogP contribution < -0.4 is 15.5 Å². The number of aryl methyl sites for hydroxylation is 1. The van der Waals surface area contributed by atoms with Gasteiger partial charge in [-0.05, 0) is 61.1 Å². The van der Waals surface area contributed by atoms with E-state index in [0.29, 0.717) is 24.6 Å². The summed E-state index contributed by atoms with van der Waals surface area (Å²) in [5.41, 5.74) is 3.29. The molecule has 0 fully saturated rings. The quantitative estimate of drug-likeness (QED) is 0.844. The van der Waals surface area contributed by atoms with E-state index in [1.807, 2.05) is 18.2 Å². The van der Waals surface area contributed by atoms with Gasteiger partial charge in [0.05, 0.1) is 5.56 Å². The van der Waals surface area contributed by atoms with Crippen LogP contribution in [0.15, 0.2) is 42.7 Å². The predicted molar refractivity (Wildman–Crippen MR) is 107 cm³/mol. The summed E-state index contributed by atoms with van der Waals surface area (Å²) in [5, 5.41) is 5.75. The van der Waals surface area contributed by atoms with Crippen molar-refractivity contribution >= 4 is 23.3 Å². The van der Waals surface area contributed by atoms with E-state index in [-0.39, 0.29) is 11.9 Å². The van der Waals surface area contributed by atoms with E-state index in [2.05, 4.69) is 29.5 Å². The Morgan fingerprint density at radius 2 is 2.11 bits per heavy atom. The van der Waals surface area contributed by atoms with Gasteiger partial charge in [0, 0.05) is 36.9 Å². The van der Waals surface area contributed by atoms with Crippen LogP contribution in [0.4, 0.5) is 16.2 Å². The number of fused-ring (bicyclic) bond motifs is 1. The average molecular weight is 366 g/mol. The molecule has 0 radical (unpaired) electrons. The van der Waals surface area contributed by atoms with Gasteiger partial charge in [0.25, 0.3) is 5.91 Å². The van der Waals surface area contributed by atoms with E-state index in [0.717, 1.165) is 36.2 Å². The van der Waals surface area contributed by atoms with E-state index in [9.17, 15) is 9.59 Å². The van der Waals surface area contributed by atoms with Crippen LogP contribution in [0.2, 0.25) is 0 Å². The van der Waals surface area contributed by atoms with Gasteiger partial charge in [-0.25, -0.2) is 4.79 Å². The molecule has 0 saturated carbocycles. The summed E-state index contributed by atoms with van der Waals surface area (Å²) < 4.78 is 0. The maximum atomic E-state index is 12.8. The molecule has 3 rings (SSSR count). The minimum absolute atomic E-state index is 0.0452. The van der Waals surface area contributed by atoms with Crippen molar-refractivity contribution in [3.05, 3.63) is 53.9 Å². The Hall–Kier alpha value is -2.89. The summed E-state index contributed by atoms with van der Waals surface area (Å²) in [6, 6.07) is 9.06. The first-order chi connectivity index (χ1) is 13.0. The number of carbonyl (C=O) groups excluding carboxylic acids is 2. The van der Waals surface area contributed by atoms with Gasteiger partial charge < -0.3 is 15.5 Å². The summed E-state index contributed by atoms with van der Waals surface area (Å²) in [4.78, 5) is 30.7. The highest BCUT2D eigenvalue weighted by molar-refractivity contribution is 6.06. The lowest BCUT2D eigenvalue weighted by molar-refractivity contribution is 0.0984. The minimum atomic E-state index is -0.199. The van der Waals surface area contributed by atoms with Crippen LogP contribution in [-0.2, 0) is 6.42 Å². The Kier molecular flexibility index (Phi) is 6.06. The fourth-order valence-electron chi connectivity index (χ4n) is 3.18. The molecule has 1 aromatic heterocycles. The Morgan fingerprint density at radius 1 is 1.26 bits per heavy atom. The molecule has 142 valence electrons. The molecule has 0 bridgehead atoms. The summed E-state index contributed by atoms with van der Waals surface area (Å²) in [6.45, 7) is 5.59. The number of benzene rings is 1. The average Bonchev–Trinajstić information content (AvgIpc) is 2.67. The summed E-state index contributed by atoms with van der Waals surface area (Å²) in [7, 11) is 0. The monoisotopic (exact) mass is 366 g/mol. The van der Waals surface area contributed by atoms with E-state index in [1.165, 1.54) is 0 Å². The van der Waals surface area contributed by atoms with Crippen molar-refractivity contribution in [1.82, 2.24) is 10.3 Å². The second kappa shape index (κ2) is 8.66. The predicted octanol–water partition coefficient (Wildman–Crippen LogP) is 3.84. The maximum Gasteiger partial charge on any atom is 0.319 e. The van der Waals surface area contributed by atoms with Gasteiger partial charge in [0.2, 0.25) is 0 Å². The zero-order valence-corrected chi connectivity index (χ0v) is 15.9. The fraction of sp³-hybridized carbons (Fsp3) is 0.381. The van der Waals surface area contributed by atoms with E-state index >= 15 is 0 Å². The molecule has 0 unspecified atom stereocenters. The standard InChI is InChI=1S/C21H26N4O2/c1-15(2)9-11-23-21(27)24-18-7-8-19-16(13-18)6-4-12-25(19)20(26)17-5-3-10-22-14-17/h3,5,7-8,10,13-15H,4,6,9,11-12H2,1-2H3,(H2,23,24,27). The second-order valence-electron chi connectivity index (χ2n) is 7.21. The fourth-order valence-corrected chi connectivity index (χ4v) is 3.18. The van der Waals surface area contributed by atoms with Gasteiger partial charge in [-0.1, -0.05) is 13.8 Å². The van der Waals surface area contributed by atoms with Crippen LogP contribution >= 0.6 is 0 Å². The van der Waals surface area contributed by atoms with E-state index in [1.54, 1.807) is 29.4 Å². The van der Waals surface area contributed by atoms with Crippen LogP contribution in [0.3, 0.4) is 0 Å². The number of carbonyl (C=O) groups is 2. The molecule has 0 saturated heterocycles. The van der Waals surface area contributed by atoms with Crippen LogP contribution in [0.25, 0.3) is 0 Å². The van der Waals surface area contributed by atoms with Crippen LogP contribution in [0, 0.1) is 5.92 Å². The van der Waals surface area contributed by atoms with Crippen LogP contribution in [0.1, 0.15) is 42.6 Å². The number of amides is 3. The van der Waals surface area contributed by atoms with Crippen molar-refractivity contribution in [2.75, 3.05) is 23.3 Å². The smallest absolute Gasteiger partial charge is 0.319 e. The van der Waals surface area contributed by atoms with Gasteiger partial charge in [-0.15, -0.1) is 0 Å². The van der Waals surface area contributed by atoms with E-state index < -0.39 is 0 Å². The van der Waals surface area contributed by atoms with Crippen LogP contribution in [0.5, 0.6) is 0 Å². The van der Waals surface area contributed by atoms with Gasteiger partial charge >= 0.3 is 6.03 Å². The molecule has 0 atom stereocenters. The molecule has 3 amide bonds. The zero-order valence-electron chi connectivity index (χ0n) is 15.9. The van der Waals surface area contributed by atoms with Gasteiger partial charge in [0.1, 0.15) is 0 Å². The summed E-state index contributed by atoms with van der Waals surface area (Å²) in [5.74, 6) is 0.508. The lowest BCUT2D eigenvalue weighted by atomic mass is 10.00. The zero-order chi connectivity index (χ0) is 19.2. The molecule has 1 aromatic carbocycles. The van der Waals surface area contributed by atoms with Crippen molar-refractivity contribution in [3.8, 4) is 0 Å². The van der Waals surface area contributed by atoms with Crippen molar-refractivity contribution in [2.45, 2.75) is 33.1 Å². The number of rotatable bonds is 5. The summed E-state index contributed by atoms with van der Waals surface area (Å²) in [6.07, 6.45) is 5.97. The van der Waals surface area contributed by atoms with Crippen molar-refractivity contribution in [1.29, 1.82) is 0 Å². The largest absolute Gasteiger partial charge is 0.338 e. The number of aromatic nitrogens is 1. The molecule has 1 aliphatic heterocycles. The van der Waals surface area contributed by atoms with Gasteiger partial charge in [0.15, 0.2) is 0 Å². The third kappa shape index (κ3) is 4.84. The number of hydrogen-bond acceptors (Lipinski definition) is 3. The van der Waals surface area contributed by atoms with Gasteiger partial charge in [-0.2, -0.15) is 0 Å². The Labute approximate surface area is 160 Å². The van der Waals surface area contributed by atoms with E-state index in [4.69, 9.17) is 0 Å². The molecule has 6 nitrogen and oxygen atoms in total. The van der Waals surface area contributed by atoms with Crippen LogP contribution in [-0.4, -0.2) is 30.0 Å². The molecule has 2 heterocycles. The summed E-state index contributed by atoms with van der Waals surface area (Å²) >= 11 is 0. The van der Waals surface area contributed by atoms with Crippen molar-refractivity contribution in [3.63, 3.8) is 0 Å². The molecule has 6 heteroatoms. The maximum absolute atomic E-state index is 12.8. The number of pyridine rings is 1. The first-order valence-corrected chi connectivity index (χ1v) is 9.44. The SMILES string of the molecule is CC(C)CCNC(=O)Nc1ccc2c(c1)CCCN2C(=O)c1cccnc1. The highest BCUT2D eigenvalue weighted by Crippen LogP contribution is 2.30. The third-order valence-corrected chi connectivity index (χ3v) is 4.62. The lowest BCUT2D eigenvalue weighted by Crippen LogP contribution is -2.35. The first kappa shape index (κ1) is 18.9. The molecule has 27 heavy (non-hydrogen) atoms. The Morgan fingerprint density at radius 3 is 2.85 bits per heavy atom. The highest BCUT2D eigenvalue weighted by atomic mass is 16.2. The number of anilines is 2. The van der Waals surface area contributed by atoms with Gasteiger partial charge in [-0.3, -0.25) is 9.78 Å². The molecule has 2 aromatic rings. The lowest BCUT2D eigenvalue weighted by Gasteiger charge is -2.30. The number of nitrogens with one attached hydrogen (secondary N) is 2. The molecule has 1 aliphatic rings. The molecular formula is C21H26N4O2. The molecule has 0 aliphatic carbocycles. The Bertz CT molecular complexity index is 805. The first-order valence-electron chi connectivity index (χ1n) is 9.44. The Balaban J connectivity index is 1.69.